The molecule has 1 aromatic rings. The zero-order chi connectivity index (χ0) is 16.0. The van der Waals surface area contributed by atoms with E-state index >= 15 is 0 Å². The largest absolute Gasteiger partial charge is 0.482 e. The SMILES string of the molecule is COC(=O)COc1ccc(NC(=O)C2(N)CCOCC2)cc1. The lowest BCUT2D eigenvalue weighted by molar-refractivity contribution is -0.142. The minimum absolute atomic E-state index is 0.159. The number of nitrogens with one attached hydrogen (secondary N) is 1. The van der Waals surface area contributed by atoms with E-state index in [1.54, 1.807) is 24.3 Å². The van der Waals surface area contributed by atoms with Crippen LogP contribution >= 0.6 is 0 Å². The first-order valence-electron chi connectivity index (χ1n) is 7.01. The number of hydrogen-bond acceptors (Lipinski definition) is 6. The molecule has 0 saturated carbocycles. The maximum atomic E-state index is 12.2. The third-order valence-electron chi connectivity index (χ3n) is 3.53. The molecule has 120 valence electrons. The van der Waals surface area contributed by atoms with Gasteiger partial charge >= 0.3 is 5.97 Å². The van der Waals surface area contributed by atoms with E-state index < -0.39 is 11.5 Å². The Morgan fingerprint density at radius 1 is 1.27 bits per heavy atom. The summed E-state index contributed by atoms with van der Waals surface area (Å²) in [6.07, 6.45) is 0.998. The van der Waals surface area contributed by atoms with E-state index in [2.05, 4.69) is 10.1 Å². The van der Waals surface area contributed by atoms with Crippen LogP contribution in [0, 0.1) is 0 Å². The van der Waals surface area contributed by atoms with Crippen molar-refractivity contribution in [2.45, 2.75) is 18.4 Å². The van der Waals surface area contributed by atoms with Gasteiger partial charge in [-0.2, -0.15) is 0 Å². The molecule has 1 saturated heterocycles. The van der Waals surface area contributed by atoms with Gasteiger partial charge in [-0.1, -0.05) is 0 Å². The molecule has 0 atom stereocenters. The molecule has 7 heteroatoms. The van der Waals surface area contributed by atoms with Crippen molar-refractivity contribution in [2.24, 2.45) is 5.73 Å². The van der Waals surface area contributed by atoms with Crippen molar-refractivity contribution in [3.8, 4) is 5.75 Å². The Labute approximate surface area is 128 Å². The molecule has 3 N–H and O–H groups in total. The summed E-state index contributed by atoms with van der Waals surface area (Å²) in [5.41, 5.74) is 5.84. The summed E-state index contributed by atoms with van der Waals surface area (Å²) < 4.78 is 14.9. The summed E-state index contributed by atoms with van der Waals surface area (Å²) in [6, 6.07) is 6.69. The highest BCUT2D eigenvalue weighted by atomic mass is 16.6. The van der Waals surface area contributed by atoms with E-state index in [0.29, 0.717) is 37.5 Å². The van der Waals surface area contributed by atoms with Gasteiger partial charge in [0.05, 0.1) is 7.11 Å². The highest BCUT2D eigenvalue weighted by Crippen LogP contribution is 2.21. The number of hydrogen-bond donors (Lipinski definition) is 2. The number of rotatable bonds is 5. The van der Waals surface area contributed by atoms with Gasteiger partial charge in [0.15, 0.2) is 6.61 Å². The van der Waals surface area contributed by atoms with Crippen molar-refractivity contribution < 1.29 is 23.8 Å². The van der Waals surface area contributed by atoms with Crippen molar-refractivity contribution in [3.63, 3.8) is 0 Å². The highest BCUT2D eigenvalue weighted by Gasteiger charge is 2.35. The minimum Gasteiger partial charge on any atom is -0.482 e. The van der Waals surface area contributed by atoms with Crippen molar-refractivity contribution in [2.75, 3.05) is 32.2 Å². The highest BCUT2D eigenvalue weighted by molar-refractivity contribution is 5.98. The van der Waals surface area contributed by atoms with Gasteiger partial charge in [0.1, 0.15) is 11.3 Å². The van der Waals surface area contributed by atoms with Crippen LogP contribution in [-0.4, -0.2) is 44.3 Å². The fourth-order valence-corrected chi connectivity index (χ4v) is 2.05. The summed E-state index contributed by atoms with van der Waals surface area (Å²) in [7, 11) is 1.29. The molecule has 0 unspecified atom stereocenters. The normalized spacial score (nSPS) is 16.6. The maximum absolute atomic E-state index is 12.2. The number of amides is 1. The van der Waals surface area contributed by atoms with E-state index in [1.807, 2.05) is 0 Å². The van der Waals surface area contributed by atoms with Crippen LogP contribution in [0.15, 0.2) is 24.3 Å². The number of carbonyl (C=O) groups is 2. The summed E-state index contributed by atoms with van der Waals surface area (Å²) in [5.74, 6) is -0.169. The molecular formula is C15H20N2O5. The first-order chi connectivity index (χ1) is 10.5. The average Bonchev–Trinajstić information content (AvgIpc) is 2.54. The molecule has 1 heterocycles. The van der Waals surface area contributed by atoms with Crippen LogP contribution in [0.5, 0.6) is 5.75 Å². The predicted molar refractivity (Wildman–Crippen MR) is 79.6 cm³/mol. The molecule has 0 spiro atoms. The molecule has 1 fully saturated rings. The lowest BCUT2D eigenvalue weighted by Gasteiger charge is -2.31. The lowest BCUT2D eigenvalue weighted by atomic mass is 9.90. The Kier molecular flexibility index (Phi) is 5.35. The minimum atomic E-state index is -0.891. The van der Waals surface area contributed by atoms with Crippen LogP contribution in [0.4, 0.5) is 5.69 Å². The van der Waals surface area contributed by atoms with Crippen molar-refractivity contribution >= 4 is 17.6 Å². The number of esters is 1. The maximum Gasteiger partial charge on any atom is 0.343 e. The van der Waals surface area contributed by atoms with Gasteiger partial charge in [-0.05, 0) is 37.1 Å². The fraction of sp³-hybridized carbons (Fsp3) is 0.467. The quantitative estimate of drug-likeness (QED) is 0.776. The van der Waals surface area contributed by atoms with Crippen molar-refractivity contribution in [1.29, 1.82) is 0 Å². The number of methoxy groups -OCH3 is 1. The first-order valence-corrected chi connectivity index (χ1v) is 7.01. The van der Waals surface area contributed by atoms with Gasteiger partial charge in [-0.3, -0.25) is 4.79 Å². The van der Waals surface area contributed by atoms with Gasteiger partial charge in [0.2, 0.25) is 5.91 Å². The predicted octanol–water partition coefficient (Wildman–Crippen LogP) is 0.685. The van der Waals surface area contributed by atoms with Gasteiger partial charge in [0.25, 0.3) is 0 Å². The molecule has 1 amide bonds. The smallest absolute Gasteiger partial charge is 0.343 e. The van der Waals surface area contributed by atoms with Gasteiger partial charge in [-0.25, -0.2) is 4.79 Å². The molecule has 1 aliphatic heterocycles. The zero-order valence-corrected chi connectivity index (χ0v) is 12.5. The Hall–Kier alpha value is -2.12. The van der Waals surface area contributed by atoms with E-state index in [-0.39, 0.29) is 12.5 Å². The Morgan fingerprint density at radius 3 is 2.50 bits per heavy atom. The van der Waals surface area contributed by atoms with Crippen LogP contribution in [-0.2, 0) is 19.1 Å². The number of nitrogens with two attached hydrogens (primary N) is 1. The second-order valence-electron chi connectivity index (χ2n) is 5.11. The lowest BCUT2D eigenvalue weighted by Crippen LogP contribution is -2.54. The third kappa shape index (κ3) is 4.19. The second-order valence-corrected chi connectivity index (χ2v) is 5.11. The zero-order valence-electron chi connectivity index (χ0n) is 12.5. The third-order valence-corrected chi connectivity index (χ3v) is 3.53. The summed E-state index contributed by atoms with van der Waals surface area (Å²) >= 11 is 0. The fourth-order valence-electron chi connectivity index (χ4n) is 2.05. The topological polar surface area (TPSA) is 99.9 Å². The molecule has 2 rings (SSSR count). The monoisotopic (exact) mass is 308 g/mol. The van der Waals surface area contributed by atoms with E-state index in [1.165, 1.54) is 7.11 Å². The first kappa shape index (κ1) is 16.3. The van der Waals surface area contributed by atoms with Crippen LogP contribution in [0.25, 0.3) is 0 Å². The van der Waals surface area contributed by atoms with Gasteiger partial charge < -0.3 is 25.3 Å². The Bertz CT molecular complexity index is 523. The molecule has 0 aliphatic carbocycles. The summed E-state index contributed by atoms with van der Waals surface area (Å²) in [6.45, 7) is 0.822. The van der Waals surface area contributed by atoms with Gasteiger partial charge in [0, 0.05) is 18.9 Å². The van der Waals surface area contributed by atoms with E-state index in [0.717, 1.165) is 0 Å². The molecule has 0 radical (unpaired) electrons. The van der Waals surface area contributed by atoms with Crippen molar-refractivity contribution in [3.05, 3.63) is 24.3 Å². The van der Waals surface area contributed by atoms with Crippen LogP contribution in [0.2, 0.25) is 0 Å². The molecule has 0 bridgehead atoms. The Morgan fingerprint density at radius 2 is 1.91 bits per heavy atom. The molecule has 1 aromatic carbocycles. The van der Waals surface area contributed by atoms with E-state index in [4.69, 9.17) is 15.2 Å². The van der Waals surface area contributed by atoms with Gasteiger partial charge in [-0.15, -0.1) is 0 Å². The number of anilines is 1. The molecular weight excluding hydrogens is 288 g/mol. The molecule has 0 aromatic heterocycles. The summed E-state index contributed by atoms with van der Waals surface area (Å²) in [5, 5.41) is 2.79. The molecule has 1 aliphatic rings. The molecule has 22 heavy (non-hydrogen) atoms. The second kappa shape index (κ2) is 7.24. The number of carbonyl (C=O) groups excluding carboxylic acids is 2. The number of ether oxygens (including phenoxy) is 3. The van der Waals surface area contributed by atoms with Crippen LogP contribution in [0.3, 0.4) is 0 Å². The standard InChI is InChI=1S/C15H20N2O5/c1-20-13(18)10-22-12-4-2-11(3-5-12)17-14(19)15(16)6-8-21-9-7-15/h2-5H,6-10,16H2,1H3,(H,17,19). The van der Waals surface area contributed by atoms with Crippen LogP contribution < -0.4 is 15.8 Å². The van der Waals surface area contributed by atoms with Crippen molar-refractivity contribution in [1.82, 2.24) is 0 Å². The van der Waals surface area contributed by atoms with Crippen LogP contribution in [0.1, 0.15) is 12.8 Å². The van der Waals surface area contributed by atoms with E-state index in [9.17, 15) is 9.59 Å². The number of benzene rings is 1. The Balaban J connectivity index is 1.90. The average molecular weight is 308 g/mol. The molecule has 7 nitrogen and oxygen atoms in total. The summed E-state index contributed by atoms with van der Waals surface area (Å²) in [4.78, 5) is 23.2.